The Bertz CT molecular complexity index is 869. The van der Waals surface area contributed by atoms with Crippen molar-refractivity contribution < 1.29 is 0 Å². The van der Waals surface area contributed by atoms with Crippen LogP contribution in [0.2, 0.25) is 5.28 Å². The van der Waals surface area contributed by atoms with E-state index in [0.717, 1.165) is 44.0 Å². The summed E-state index contributed by atoms with van der Waals surface area (Å²) in [6.45, 7) is 8.16. The van der Waals surface area contributed by atoms with E-state index in [2.05, 4.69) is 40.9 Å². The fourth-order valence-corrected chi connectivity index (χ4v) is 3.54. The molecule has 0 aliphatic carbocycles. The Kier molecular flexibility index (Phi) is 3.98. The van der Waals surface area contributed by atoms with Crippen molar-refractivity contribution in [3.05, 3.63) is 40.0 Å². The number of thiophene rings is 1. The predicted octanol–water partition coefficient (Wildman–Crippen LogP) is 5.74. The van der Waals surface area contributed by atoms with Gasteiger partial charge in [0.15, 0.2) is 0 Å². The smallest absolute Gasteiger partial charge is 0.223 e. The second kappa shape index (κ2) is 5.78. The molecule has 2 aromatic heterocycles. The molecule has 5 heteroatoms. The molecule has 0 aliphatic heterocycles. The first-order valence-electron chi connectivity index (χ1n) is 7.00. The van der Waals surface area contributed by atoms with Gasteiger partial charge in [0.25, 0.3) is 0 Å². The van der Waals surface area contributed by atoms with Crippen molar-refractivity contribution in [3.8, 4) is 11.3 Å². The van der Waals surface area contributed by atoms with Crippen LogP contribution in [0.15, 0.2) is 28.6 Å². The lowest BCUT2D eigenvalue weighted by atomic mass is 10.0. The van der Waals surface area contributed by atoms with E-state index in [1.807, 2.05) is 25.3 Å². The topological polar surface area (TPSA) is 38.1 Å². The van der Waals surface area contributed by atoms with Crippen molar-refractivity contribution in [1.29, 1.82) is 0 Å². The number of hydrogen-bond donors (Lipinski definition) is 0. The minimum atomic E-state index is 0.280. The normalized spacial score (nSPS) is 11.0. The Morgan fingerprint density at radius 3 is 2.45 bits per heavy atom. The summed E-state index contributed by atoms with van der Waals surface area (Å²) < 4.78 is 1.06. The van der Waals surface area contributed by atoms with Gasteiger partial charge in [-0.2, -0.15) is 0 Å². The van der Waals surface area contributed by atoms with Crippen LogP contribution in [-0.2, 0) is 0 Å². The van der Waals surface area contributed by atoms with E-state index < -0.39 is 0 Å². The van der Waals surface area contributed by atoms with E-state index in [-0.39, 0.29) is 5.28 Å². The maximum atomic E-state index is 6.07. The van der Waals surface area contributed by atoms with Crippen molar-refractivity contribution >= 4 is 44.6 Å². The van der Waals surface area contributed by atoms with Crippen LogP contribution >= 0.6 is 22.9 Å². The van der Waals surface area contributed by atoms with Gasteiger partial charge in [-0.05, 0) is 74.0 Å². The van der Waals surface area contributed by atoms with Crippen LogP contribution < -0.4 is 0 Å². The summed E-state index contributed by atoms with van der Waals surface area (Å²) >= 11 is 7.70. The molecule has 0 bridgehead atoms. The molecule has 0 saturated heterocycles. The molecular formula is C17H16ClN3S. The third-order valence-electron chi connectivity index (χ3n) is 3.38. The summed E-state index contributed by atoms with van der Waals surface area (Å²) in [4.78, 5) is 13.3. The minimum absolute atomic E-state index is 0.280. The molecule has 0 saturated carbocycles. The summed E-state index contributed by atoms with van der Waals surface area (Å²) in [7, 11) is 0. The van der Waals surface area contributed by atoms with E-state index in [4.69, 9.17) is 11.6 Å². The van der Waals surface area contributed by atoms with Gasteiger partial charge in [0.1, 0.15) is 0 Å². The highest BCUT2D eigenvalue weighted by Gasteiger charge is 2.13. The van der Waals surface area contributed by atoms with E-state index >= 15 is 0 Å². The number of aromatic nitrogens is 2. The second-order valence-electron chi connectivity index (χ2n) is 5.49. The molecular weight excluding hydrogens is 314 g/mol. The molecule has 0 unspecified atom stereocenters. The fraction of sp³-hybridized carbons (Fsp3) is 0.235. The lowest BCUT2D eigenvalue weighted by Gasteiger charge is -2.10. The number of fused-ring (bicyclic) bond motifs is 1. The van der Waals surface area contributed by atoms with Crippen LogP contribution in [0.5, 0.6) is 0 Å². The summed E-state index contributed by atoms with van der Waals surface area (Å²) in [5.74, 6) is 0. The number of benzene rings is 1. The van der Waals surface area contributed by atoms with E-state index in [1.165, 1.54) is 0 Å². The maximum Gasteiger partial charge on any atom is 0.223 e. The molecule has 3 rings (SSSR count). The molecule has 22 heavy (non-hydrogen) atoms. The van der Waals surface area contributed by atoms with E-state index in [0.29, 0.717) is 0 Å². The van der Waals surface area contributed by atoms with Crippen molar-refractivity contribution in [3.63, 3.8) is 0 Å². The second-order valence-corrected chi connectivity index (χ2v) is 6.75. The Morgan fingerprint density at radius 2 is 1.82 bits per heavy atom. The van der Waals surface area contributed by atoms with Crippen molar-refractivity contribution in [2.75, 3.05) is 0 Å². The van der Waals surface area contributed by atoms with Crippen molar-refractivity contribution in [2.24, 2.45) is 4.99 Å². The van der Waals surface area contributed by atoms with Gasteiger partial charge >= 0.3 is 0 Å². The van der Waals surface area contributed by atoms with Gasteiger partial charge in [0.2, 0.25) is 5.28 Å². The zero-order valence-corrected chi connectivity index (χ0v) is 14.5. The third kappa shape index (κ3) is 2.76. The lowest BCUT2D eigenvalue weighted by Crippen LogP contribution is -1.92. The summed E-state index contributed by atoms with van der Waals surface area (Å²) in [5, 5.41) is 2.29. The Balaban J connectivity index is 2.24. The highest BCUT2D eigenvalue weighted by molar-refractivity contribution is 7.17. The van der Waals surface area contributed by atoms with Crippen LogP contribution in [0, 0.1) is 13.8 Å². The molecule has 0 atom stereocenters. The fourth-order valence-electron chi connectivity index (χ4n) is 2.52. The predicted molar refractivity (Wildman–Crippen MR) is 95.8 cm³/mol. The van der Waals surface area contributed by atoms with Gasteiger partial charge in [-0.3, -0.25) is 4.99 Å². The Morgan fingerprint density at radius 1 is 1.14 bits per heavy atom. The van der Waals surface area contributed by atoms with Gasteiger partial charge in [-0.25, -0.2) is 9.97 Å². The van der Waals surface area contributed by atoms with Gasteiger partial charge < -0.3 is 0 Å². The van der Waals surface area contributed by atoms with Gasteiger partial charge in [-0.15, -0.1) is 11.3 Å². The summed E-state index contributed by atoms with van der Waals surface area (Å²) in [6.07, 6.45) is 0. The lowest BCUT2D eigenvalue weighted by molar-refractivity contribution is 1.22. The number of aryl methyl sites for hydroxylation is 2. The highest BCUT2D eigenvalue weighted by atomic mass is 35.5. The van der Waals surface area contributed by atoms with Gasteiger partial charge in [-0.1, -0.05) is 0 Å². The van der Waals surface area contributed by atoms with E-state index in [1.54, 1.807) is 11.3 Å². The number of rotatable bonds is 2. The molecule has 112 valence electrons. The molecule has 0 fully saturated rings. The molecule has 2 heterocycles. The monoisotopic (exact) mass is 329 g/mol. The third-order valence-corrected chi connectivity index (χ3v) is 4.46. The summed E-state index contributed by atoms with van der Waals surface area (Å²) in [6, 6.07) is 6.20. The molecule has 3 aromatic rings. The van der Waals surface area contributed by atoms with Crippen LogP contribution in [0.3, 0.4) is 0 Å². The standard InChI is InChI=1S/C17H16ClN3S/c1-9(2)19-14-10(3)7-12(8-11(14)4)15-16-13(5-6-22-16)20-17(18)21-15/h5-8H,1-4H3. The first kappa shape index (κ1) is 15.1. The SMILES string of the molecule is CC(C)=Nc1c(C)cc(-c2nc(Cl)nc3ccsc23)cc1C. The molecule has 0 spiro atoms. The number of hydrogen-bond acceptors (Lipinski definition) is 4. The number of halogens is 1. The number of nitrogens with zero attached hydrogens (tertiary/aromatic N) is 3. The van der Waals surface area contributed by atoms with Crippen LogP contribution in [-0.4, -0.2) is 15.7 Å². The largest absolute Gasteiger partial charge is 0.258 e. The van der Waals surface area contributed by atoms with Gasteiger partial charge in [0.05, 0.1) is 21.6 Å². The van der Waals surface area contributed by atoms with Crippen LogP contribution in [0.1, 0.15) is 25.0 Å². The van der Waals surface area contributed by atoms with Crippen LogP contribution in [0.25, 0.3) is 21.5 Å². The Hall–Kier alpha value is -1.78. The quantitative estimate of drug-likeness (QED) is 0.444. The van der Waals surface area contributed by atoms with Crippen molar-refractivity contribution in [2.45, 2.75) is 27.7 Å². The summed E-state index contributed by atoms with van der Waals surface area (Å²) in [5.41, 5.74) is 7.18. The molecule has 0 N–H and O–H groups in total. The first-order chi connectivity index (χ1) is 10.5. The highest BCUT2D eigenvalue weighted by Crippen LogP contribution is 2.35. The van der Waals surface area contributed by atoms with Crippen molar-refractivity contribution in [1.82, 2.24) is 9.97 Å². The Labute approximate surface area is 138 Å². The molecule has 1 aromatic carbocycles. The maximum absolute atomic E-state index is 6.07. The molecule has 3 nitrogen and oxygen atoms in total. The zero-order valence-electron chi connectivity index (χ0n) is 12.9. The minimum Gasteiger partial charge on any atom is -0.258 e. The number of aliphatic imine (C=N–C) groups is 1. The average Bonchev–Trinajstić information content (AvgIpc) is 2.89. The molecule has 0 aliphatic rings. The van der Waals surface area contributed by atoms with E-state index in [9.17, 15) is 0 Å². The molecule has 0 amide bonds. The molecule has 0 radical (unpaired) electrons. The van der Waals surface area contributed by atoms with Gasteiger partial charge in [0, 0.05) is 11.3 Å². The average molecular weight is 330 g/mol. The first-order valence-corrected chi connectivity index (χ1v) is 8.25. The van der Waals surface area contributed by atoms with Crippen LogP contribution in [0.4, 0.5) is 5.69 Å². The zero-order chi connectivity index (χ0) is 15.9.